The van der Waals surface area contributed by atoms with Crippen molar-refractivity contribution in [2.24, 2.45) is 4.99 Å². The van der Waals surface area contributed by atoms with E-state index in [0.29, 0.717) is 17.2 Å². The van der Waals surface area contributed by atoms with Crippen LogP contribution in [0.25, 0.3) is 0 Å². The number of halogens is 1. The van der Waals surface area contributed by atoms with Gasteiger partial charge in [-0.15, -0.1) is 11.8 Å². The number of carbonyl (C=O) groups is 1. The van der Waals surface area contributed by atoms with Crippen LogP contribution in [0.1, 0.15) is 33.6 Å². The van der Waals surface area contributed by atoms with Crippen LogP contribution in [0.3, 0.4) is 0 Å². The van der Waals surface area contributed by atoms with Crippen LogP contribution in [0.2, 0.25) is 0 Å². The van der Waals surface area contributed by atoms with Crippen molar-refractivity contribution in [3.05, 3.63) is 22.9 Å². The Labute approximate surface area is 118 Å². The molecule has 0 spiro atoms. The normalized spacial score (nSPS) is 13.7. The van der Waals surface area contributed by atoms with Gasteiger partial charge in [0.15, 0.2) is 0 Å². The average Bonchev–Trinajstić information content (AvgIpc) is 2.36. The van der Waals surface area contributed by atoms with Crippen molar-refractivity contribution in [2.75, 3.05) is 12.9 Å². The van der Waals surface area contributed by atoms with Crippen LogP contribution < -0.4 is 0 Å². The zero-order valence-electron chi connectivity index (χ0n) is 11.3. The zero-order valence-corrected chi connectivity index (χ0v) is 12.9. The molecule has 0 bridgehead atoms. The zero-order chi connectivity index (χ0) is 14.0. The molecule has 0 N–H and O–H groups in total. The maximum atomic E-state index is 11.8. The first-order valence-electron chi connectivity index (χ1n) is 5.88. The van der Waals surface area contributed by atoms with Crippen LogP contribution in [-0.4, -0.2) is 23.9 Å². The molecule has 0 aromatic rings. The maximum Gasteiger partial charge on any atom is 0.341 e. The quantitative estimate of drug-likeness (QED) is 0.242. The molecular formula is C13H20ClNO2S. The van der Waals surface area contributed by atoms with Crippen LogP contribution in [0.4, 0.5) is 0 Å². The third-order valence-corrected chi connectivity index (χ3v) is 3.09. The number of carbonyl (C=O) groups excluding carboxylic acids is 1. The van der Waals surface area contributed by atoms with Crippen LogP contribution in [-0.2, 0) is 9.53 Å². The van der Waals surface area contributed by atoms with E-state index in [9.17, 15) is 4.79 Å². The molecule has 0 atom stereocenters. The number of hydrogen-bond acceptors (Lipinski definition) is 4. The number of esters is 1. The largest absolute Gasteiger partial charge is 0.462 e. The van der Waals surface area contributed by atoms with E-state index >= 15 is 0 Å². The summed E-state index contributed by atoms with van der Waals surface area (Å²) in [7, 11) is 0. The lowest BCUT2D eigenvalue weighted by Crippen LogP contribution is -2.08. The molecular weight excluding hydrogens is 270 g/mol. The number of allylic oxidation sites excluding steroid dienone is 1. The van der Waals surface area contributed by atoms with Crippen LogP contribution in [0.15, 0.2) is 27.9 Å². The number of rotatable bonds is 6. The highest BCUT2D eigenvalue weighted by Crippen LogP contribution is 2.18. The predicted molar refractivity (Wildman–Crippen MR) is 80.2 cm³/mol. The summed E-state index contributed by atoms with van der Waals surface area (Å²) in [5.74, 6) is -0.437. The third-order valence-electron chi connectivity index (χ3n) is 2.04. The summed E-state index contributed by atoms with van der Waals surface area (Å²) < 4.78 is 4.96. The van der Waals surface area contributed by atoms with Gasteiger partial charge < -0.3 is 4.74 Å². The number of hydrogen-bond donors (Lipinski definition) is 0. The fourth-order valence-electron chi connectivity index (χ4n) is 1.01. The fraction of sp³-hybridized carbons (Fsp3) is 0.538. The van der Waals surface area contributed by atoms with E-state index in [4.69, 9.17) is 16.3 Å². The van der Waals surface area contributed by atoms with Gasteiger partial charge in [0.2, 0.25) is 0 Å². The highest BCUT2D eigenvalue weighted by Gasteiger charge is 2.13. The molecule has 0 unspecified atom stereocenters. The van der Waals surface area contributed by atoms with E-state index in [-0.39, 0.29) is 0 Å². The first kappa shape index (κ1) is 17.3. The summed E-state index contributed by atoms with van der Waals surface area (Å²) in [6.07, 6.45) is 7.00. The predicted octanol–water partition coefficient (Wildman–Crippen LogP) is 4.14. The minimum absolute atomic E-state index is 0.306. The van der Waals surface area contributed by atoms with Crippen molar-refractivity contribution in [1.29, 1.82) is 0 Å². The van der Waals surface area contributed by atoms with Gasteiger partial charge in [-0.1, -0.05) is 31.0 Å². The molecule has 0 saturated carbocycles. The first-order chi connectivity index (χ1) is 8.56. The summed E-state index contributed by atoms with van der Waals surface area (Å²) in [4.78, 5) is 15.9. The molecule has 0 fully saturated rings. The summed E-state index contributed by atoms with van der Waals surface area (Å²) in [6, 6.07) is 0. The van der Waals surface area contributed by atoms with Gasteiger partial charge in [-0.05, 0) is 26.5 Å². The molecule has 102 valence electrons. The van der Waals surface area contributed by atoms with Crippen LogP contribution >= 0.6 is 23.4 Å². The second kappa shape index (κ2) is 10.2. The van der Waals surface area contributed by atoms with Gasteiger partial charge in [0.25, 0.3) is 0 Å². The third kappa shape index (κ3) is 6.87. The molecule has 0 amide bonds. The van der Waals surface area contributed by atoms with Gasteiger partial charge in [0, 0.05) is 6.20 Å². The molecule has 0 radical (unpaired) electrons. The lowest BCUT2D eigenvalue weighted by atomic mass is 10.2. The summed E-state index contributed by atoms with van der Waals surface area (Å²) in [5.41, 5.74) is 0.306. The standard InChI is InChI=1S/C13H20ClNO2S/c1-5-7-8-12(14)11(13(16)17-6-2)9-15-10(3)18-4/h8-9H,5-7H2,1-4H3/b11-9+,12-8-,15-10+. The number of thioether (sulfide) groups is 1. The molecule has 0 aromatic heterocycles. The molecule has 5 heteroatoms. The van der Waals surface area contributed by atoms with Crippen molar-refractivity contribution in [1.82, 2.24) is 0 Å². The van der Waals surface area contributed by atoms with Crippen molar-refractivity contribution >= 4 is 34.4 Å². The van der Waals surface area contributed by atoms with Crippen LogP contribution in [0, 0.1) is 0 Å². The molecule has 18 heavy (non-hydrogen) atoms. The van der Waals surface area contributed by atoms with Crippen molar-refractivity contribution in [2.45, 2.75) is 33.6 Å². The SMILES string of the molecule is CCC/C=C(Cl)/C(=C\N=C(/C)SC)C(=O)OCC. The smallest absolute Gasteiger partial charge is 0.341 e. The number of unbranched alkanes of at least 4 members (excludes halogenated alkanes) is 1. The summed E-state index contributed by atoms with van der Waals surface area (Å²) in [5, 5.41) is 1.25. The Morgan fingerprint density at radius 3 is 2.61 bits per heavy atom. The Kier molecular flexibility index (Phi) is 9.79. The van der Waals surface area contributed by atoms with Crippen molar-refractivity contribution in [3.8, 4) is 0 Å². The van der Waals surface area contributed by atoms with Gasteiger partial charge in [-0.2, -0.15) is 0 Å². The Balaban J connectivity index is 5.11. The number of aliphatic imine (C=N–C) groups is 1. The Morgan fingerprint density at radius 2 is 2.11 bits per heavy atom. The molecule has 0 aromatic carbocycles. The van der Waals surface area contributed by atoms with E-state index in [1.54, 1.807) is 6.92 Å². The Bertz CT molecular complexity index is 362. The molecule has 0 aliphatic heterocycles. The fourth-order valence-corrected chi connectivity index (χ4v) is 1.40. The average molecular weight is 290 g/mol. The van der Waals surface area contributed by atoms with Crippen LogP contribution in [0.5, 0.6) is 0 Å². The first-order valence-corrected chi connectivity index (χ1v) is 7.48. The molecule has 0 rings (SSSR count). The molecule has 0 heterocycles. The van der Waals surface area contributed by atoms with Gasteiger partial charge in [0.1, 0.15) is 0 Å². The second-order valence-corrected chi connectivity index (χ2v) is 4.86. The van der Waals surface area contributed by atoms with E-state index in [1.807, 2.05) is 26.2 Å². The van der Waals surface area contributed by atoms with E-state index in [0.717, 1.165) is 17.9 Å². The maximum absolute atomic E-state index is 11.8. The summed E-state index contributed by atoms with van der Waals surface area (Å²) >= 11 is 7.61. The van der Waals surface area contributed by atoms with E-state index in [1.165, 1.54) is 18.0 Å². The highest BCUT2D eigenvalue weighted by atomic mass is 35.5. The Hall–Kier alpha value is -0.740. The minimum atomic E-state index is -0.437. The monoisotopic (exact) mass is 289 g/mol. The molecule has 0 aliphatic carbocycles. The second-order valence-electron chi connectivity index (χ2n) is 3.46. The minimum Gasteiger partial charge on any atom is -0.462 e. The molecule has 0 saturated heterocycles. The van der Waals surface area contributed by atoms with Gasteiger partial charge in [-0.3, -0.25) is 4.99 Å². The molecule has 0 aliphatic rings. The Morgan fingerprint density at radius 1 is 1.44 bits per heavy atom. The van der Waals surface area contributed by atoms with Crippen molar-refractivity contribution < 1.29 is 9.53 Å². The van der Waals surface area contributed by atoms with Gasteiger partial charge in [-0.25, -0.2) is 4.79 Å². The molecule has 3 nitrogen and oxygen atoms in total. The van der Waals surface area contributed by atoms with E-state index in [2.05, 4.69) is 4.99 Å². The van der Waals surface area contributed by atoms with Gasteiger partial charge >= 0.3 is 5.97 Å². The lowest BCUT2D eigenvalue weighted by Gasteiger charge is -2.05. The summed E-state index contributed by atoms with van der Waals surface area (Å²) in [6.45, 7) is 5.99. The highest BCUT2D eigenvalue weighted by molar-refractivity contribution is 8.13. The van der Waals surface area contributed by atoms with Crippen molar-refractivity contribution in [3.63, 3.8) is 0 Å². The number of ether oxygens (including phenoxy) is 1. The lowest BCUT2D eigenvalue weighted by molar-refractivity contribution is -0.138. The topological polar surface area (TPSA) is 38.7 Å². The number of nitrogens with zero attached hydrogens (tertiary/aromatic N) is 1. The van der Waals surface area contributed by atoms with Gasteiger partial charge in [0.05, 0.1) is 22.3 Å². The van der Waals surface area contributed by atoms with E-state index < -0.39 is 5.97 Å².